The molecule has 0 atom stereocenters. The van der Waals surface area contributed by atoms with Crippen LogP contribution in [0.3, 0.4) is 0 Å². The van der Waals surface area contributed by atoms with E-state index in [0.29, 0.717) is 34.1 Å². The topological polar surface area (TPSA) is 71.1 Å². The second-order valence-corrected chi connectivity index (χ2v) is 7.88. The highest BCUT2D eigenvalue weighted by atomic mass is 32.1. The molecule has 2 aromatic carbocycles. The maximum absolute atomic E-state index is 12.8. The van der Waals surface area contributed by atoms with Crippen molar-refractivity contribution in [3.05, 3.63) is 75.2 Å². The Morgan fingerprint density at radius 1 is 1.06 bits per heavy atom. The monoisotopic (exact) mass is 436 g/mol. The van der Waals surface area contributed by atoms with E-state index in [1.807, 2.05) is 17.5 Å². The van der Waals surface area contributed by atoms with Crippen molar-refractivity contribution in [1.29, 1.82) is 0 Å². The van der Waals surface area contributed by atoms with Crippen molar-refractivity contribution in [2.75, 3.05) is 14.2 Å². The van der Waals surface area contributed by atoms with Crippen LogP contribution in [0.5, 0.6) is 23.0 Å². The van der Waals surface area contributed by atoms with Gasteiger partial charge in [0.15, 0.2) is 17.3 Å². The number of benzene rings is 2. The van der Waals surface area contributed by atoms with E-state index in [0.717, 1.165) is 10.4 Å². The molecule has 0 spiro atoms. The molecule has 1 aliphatic rings. The van der Waals surface area contributed by atoms with Crippen LogP contribution in [0, 0.1) is 6.92 Å². The van der Waals surface area contributed by atoms with Crippen molar-refractivity contribution in [2.24, 2.45) is 0 Å². The van der Waals surface area contributed by atoms with Gasteiger partial charge in [-0.2, -0.15) is 0 Å². The molecular formula is C24H20O6S. The van der Waals surface area contributed by atoms with Crippen LogP contribution in [-0.4, -0.2) is 26.0 Å². The number of carbonyl (C=O) groups is 2. The SMILES string of the molecule is COc1ccc(/C=C2\Oc3c(ccc(OC(=O)Cc4cccs4)c3C)C2=O)cc1OC. The van der Waals surface area contributed by atoms with Gasteiger partial charge in [-0.05, 0) is 54.3 Å². The second kappa shape index (κ2) is 8.65. The molecule has 1 aliphatic heterocycles. The molecule has 2 heterocycles. The maximum Gasteiger partial charge on any atom is 0.316 e. The van der Waals surface area contributed by atoms with Gasteiger partial charge in [-0.15, -0.1) is 11.3 Å². The van der Waals surface area contributed by atoms with Gasteiger partial charge in [-0.25, -0.2) is 0 Å². The first-order valence-corrected chi connectivity index (χ1v) is 10.4. The Labute approximate surface area is 183 Å². The molecule has 158 valence electrons. The molecule has 1 aromatic heterocycles. The Morgan fingerprint density at radius 3 is 2.55 bits per heavy atom. The van der Waals surface area contributed by atoms with E-state index >= 15 is 0 Å². The normalized spacial score (nSPS) is 13.6. The zero-order valence-corrected chi connectivity index (χ0v) is 18.1. The van der Waals surface area contributed by atoms with Crippen LogP contribution in [0.15, 0.2) is 53.6 Å². The summed E-state index contributed by atoms with van der Waals surface area (Å²) in [5, 5.41) is 1.91. The van der Waals surface area contributed by atoms with Gasteiger partial charge in [0.25, 0.3) is 0 Å². The Kier molecular flexibility index (Phi) is 5.77. The number of allylic oxidation sites excluding steroid dienone is 1. The molecule has 0 saturated carbocycles. The van der Waals surface area contributed by atoms with Crippen molar-refractivity contribution in [2.45, 2.75) is 13.3 Å². The largest absolute Gasteiger partial charge is 0.493 e. The Balaban J connectivity index is 1.57. The van der Waals surface area contributed by atoms with Gasteiger partial charge in [0.1, 0.15) is 11.5 Å². The number of ether oxygens (including phenoxy) is 4. The number of methoxy groups -OCH3 is 2. The van der Waals surface area contributed by atoms with E-state index in [2.05, 4.69) is 0 Å². The molecule has 0 radical (unpaired) electrons. The number of esters is 1. The van der Waals surface area contributed by atoms with Crippen LogP contribution in [0.4, 0.5) is 0 Å². The lowest BCUT2D eigenvalue weighted by Gasteiger charge is -2.10. The van der Waals surface area contributed by atoms with E-state index in [9.17, 15) is 9.59 Å². The van der Waals surface area contributed by atoms with Gasteiger partial charge in [-0.1, -0.05) is 12.1 Å². The van der Waals surface area contributed by atoms with Crippen LogP contribution in [0.2, 0.25) is 0 Å². The van der Waals surface area contributed by atoms with Gasteiger partial charge in [0, 0.05) is 10.4 Å². The molecule has 0 unspecified atom stereocenters. The van der Waals surface area contributed by atoms with E-state index in [1.165, 1.54) is 11.3 Å². The Hall–Kier alpha value is -3.58. The minimum Gasteiger partial charge on any atom is -0.493 e. The summed E-state index contributed by atoms with van der Waals surface area (Å²) in [6.07, 6.45) is 1.84. The number of thiophene rings is 1. The molecule has 6 nitrogen and oxygen atoms in total. The quantitative estimate of drug-likeness (QED) is 0.313. The first-order chi connectivity index (χ1) is 15.0. The van der Waals surface area contributed by atoms with Crippen molar-refractivity contribution < 1.29 is 28.5 Å². The highest BCUT2D eigenvalue weighted by Crippen LogP contribution is 2.40. The number of carbonyl (C=O) groups excluding carboxylic acids is 2. The molecule has 31 heavy (non-hydrogen) atoms. The third-order valence-electron chi connectivity index (χ3n) is 4.86. The minimum atomic E-state index is -0.365. The average molecular weight is 436 g/mol. The average Bonchev–Trinajstić information content (AvgIpc) is 3.38. The standard InChI is InChI=1S/C24H20O6S/c1-14-18(29-22(25)13-16-5-4-10-31-16)9-7-17-23(26)21(30-24(14)17)12-15-6-8-19(27-2)20(11-15)28-3/h4-12H,13H2,1-3H3/b21-12-. The van der Waals surface area contributed by atoms with Gasteiger partial charge in [0.05, 0.1) is 26.2 Å². The van der Waals surface area contributed by atoms with Crippen molar-refractivity contribution in [1.82, 2.24) is 0 Å². The number of rotatable bonds is 6. The Morgan fingerprint density at radius 2 is 1.84 bits per heavy atom. The van der Waals surface area contributed by atoms with Crippen LogP contribution in [0.25, 0.3) is 6.08 Å². The number of hydrogen-bond acceptors (Lipinski definition) is 7. The third-order valence-corrected chi connectivity index (χ3v) is 5.74. The smallest absolute Gasteiger partial charge is 0.316 e. The summed E-state index contributed by atoms with van der Waals surface area (Å²) in [5.74, 6) is 1.51. The van der Waals surface area contributed by atoms with E-state index in [-0.39, 0.29) is 23.9 Å². The molecule has 3 aromatic rings. The lowest BCUT2D eigenvalue weighted by Crippen LogP contribution is -2.11. The van der Waals surface area contributed by atoms with E-state index < -0.39 is 0 Å². The first-order valence-electron chi connectivity index (χ1n) is 9.53. The van der Waals surface area contributed by atoms with Crippen LogP contribution < -0.4 is 18.9 Å². The second-order valence-electron chi connectivity index (χ2n) is 6.85. The summed E-state index contributed by atoms with van der Waals surface area (Å²) < 4.78 is 21.9. The molecule has 0 N–H and O–H groups in total. The van der Waals surface area contributed by atoms with Crippen LogP contribution in [0.1, 0.15) is 26.4 Å². The van der Waals surface area contributed by atoms with Crippen molar-refractivity contribution in [3.63, 3.8) is 0 Å². The fourth-order valence-electron chi connectivity index (χ4n) is 3.29. The van der Waals surface area contributed by atoms with Gasteiger partial charge in [-0.3, -0.25) is 9.59 Å². The number of fused-ring (bicyclic) bond motifs is 1. The number of ketones is 1. The van der Waals surface area contributed by atoms with Gasteiger partial charge >= 0.3 is 5.97 Å². The minimum absolute atomic E-state index is 0.187. The van der Waals surface area contributed by atoms with E-state index in [1.54, 1.807) is 57.6 Å². The molecule has 4 rings (SSSR count). The summed E-state index contributed by atoms with van der Waals surface area (Å²) in [6, 6.07) is 12.3. The Bertz CT molecular complexity index is 1180. The summed E-state index contributed by atoms with van der Waals surface area (Å²) in [6.45, 7) is 1.76. The van der Waals surface area contributed by atoms with Gasteiger partial charge < -0.3 is 18.9 Å². The predicted octanol–water partition coefficient (Wildman–Crippen LogP) is 4.84. The fourth-order valence-corrected chi connectivity index (χ4v) is 3.98. The molecule has 0 amide bonds. The maximum atomic E-state index is 12.8. The van der Waals surface area contributed by atoms with Gasteiger partial charge in [0.2, 0.25) is 5.78 Å². The molecule has 0 bridgehead atoms. The zero-order valence-electron chi connectivity index (χ0n) is 17.3. The summed E-state index contributed by atoms with van der Waals surface area (Å²) >= 11 is 1.50. The predicted molar refractivity (Wildman–Crippen MR) is 117 cm³/mol. The number of hydrogen-bond donors (Lipinski definition) is 0. The molecule has 0 fully saturated rings. The molecule has 7 heteroatoms. The lowest BCUT2D eigenvalue weighted by atomic mass is 10.1. The van der Waals surface area contributed by atoms with Crippen molar-refractivity contribution >= 4 is 29.2 Å². The highest BCUT2D eigenvalue weighted by Gasteiger charge is 2.30. The third kappa shape index (κ3) is 4.18. The lowest BCUT2D eigenvalue weighted by molar-refractivity contribution is -0.133. The number of Topliss-reactive ketones (excluding diaryl/α,β-unsaturated/α-hetero) is 1. The molecule has 0 saturated heterocycles. The van der Waals surface area contributed by atoms with Crippen LogP contribution >= 0.6 is 11.3 Å². The molecular weight excluding hydrogens is 416 g/mol. The molecule has 0 aliphatic carbocycles. The summed E-state index contributed by atoms with van der Waals surface area (Å²) in [7, 11) is 3.11. The summed E-state index contributed by atoms with van der Waals surface area (Å²) in [4.78, 5) is 26.0. The van der Waals surface area contributed by atoms with E-state index in [4.69, 9.17) is 18.9 Å². The first kappa shape index (κ1) is 20.7. The zero-order chi connectivity index (χ0) is 22.0. The van der Waals surface area contributed by atoms with Crippen molar-refractivity contribution in [3.8, 4) is 23.0 Å². The summed E-state index contributed by atoms with van der Waals surface area (Å²) in [5.41, 5.74) is 1.76. The fraction of sp³-hybridized carbons (Fsp3) is 0.167. The highest BCUT2D eigenvalue weighted by molar-refractivity contribution is 7.10. The van der Waals surface area contributed by atoms with Crippen LogP contribution in [-0.2, 0) is 11.2 Å².